The molecule has 1 aliphatic heterocycles. The second kappa shape index (κ2) is 7.61. The van der Waals surface area contributed by atoms with Crippen LogP contribution >= 0.6 is 0 Å². The molecular formula is C16H27N3. The molecular weight excluding hydrogens is 234 g/mol. The van der Waals surface area contributed by atoms with Gasteiger partial charge >= 0.3 is 0 Å². The van der Waals surface area contributed by atoms with Gasteiger partial charge in [-0.05, 0) is 57.1 Å². The van der Waals surface area contributed by atoms with Gasteiger partial charge in [-0.2, -0.15) is 0 Å². The van der Waals surface area contributed by atoms with Crippen LogP contribution in [0.25, 0.3) is 0 Å². The molecule has 106 valence electrons. The zero-order chi connectivity index (χ0) is 13.5. The minimum Gasteiger partial charge on any atom is -0.304 e. The summed E-state index contributed by atoms with van der Waals surface area (Å²) in [6, 6.07) is 6.19. The van der Waals surface area contributed by atoms with E-state index in [0.29, 0.717) is 0 Å². The molecule has 0 radical (unpaired) electrons. The molecule has 2 heterocycles. The number of nitrogens with zero attached hydrogens (tertiary/aromatic N) is 3. The predicted molar refractivity (Wildman–Crippen MR) is 80.0 cm³/mol. The van der Waals surface area contributed by atoms with Gasteiger partial charge < -0.3 is 4.90 Å². The quantitative estimate of drug-likeness (QED) is 0.785. The molecule has 0 aliphatic carbocycles. The number of rotatable bonds is 6. The maximum absolute atomic E-state index is 4.42. The molecule has 0 spiro atoms. The molecule has 2 rings (SSSR count). The number of piperidine rings is 1. The molecule has 1 fully saturated rings. The minimum absolute atomic E-state index is 0.889. The molecule has 0 amide bonds. The van der Waals surface area contributed by atoms with Crippen LogP contribution in [0.1, 0.15) is 32.4 Å². The van der Waals surface area contributed by atoms with E-state index in [1.807, 2.05) is 12.3 Å². The van der Waals surface area contributed by atoms with E-state index in [9.17, 15) is 0 Å². The monoisotopic (exact) mass is 261 g/mol. The first kappa shape index (κ1) is 14.5. The van der Waals surface area contributed by atoms with Crippen molar-refractivity contribution in [3.05, 3.63) is 30.1 Å². The van der Waals surface area contributed by atoms with Crippen molar-refractivity contribution in [1.29, 1.82) is 0 Å². The summed E-state index contributed by atoms with van der Waals surface area (Å²) in [5.41, 5.74) is 1.20. The first-order chi connectivity index (χ1) is 9.31. The molecule has 1 aromatic rings. The van der Waals surface area contributed by atoms with Crippen molar-refractivity contribution in [2.75, 3.05) is 32.7 Å². The zero-order valence-corrected chi connectivity index (χ0v) is 12.4. The lowest BCUT2D eigenvalue weighted by Gasteiger charge is -2.34. The van der Waals surface area contributed by atoms with Crippen molar-refractivity contribution in [3.8, 4) is 0 Å². The Hall–Kier alpha value is -0.930. The first-order valence-electron chi connectivity index (χ1n) is 7.66. The second-order valence-electron chi connectivity index (χ2n) is 5.53. The third-order valence-corrected chi connectivity index (χ3v) is 4.23. The van der Waals surface area contributed by atoms with Crippen molar-refractivity contribution < 1.29 is 0 Å². The van der Waals surface area contributed by atoms with Gasteiger partial charge in [-0.15, -0.1) is 0 Å². The van der Waals surface area contributed by atoms with Gasteiger partial charge in [0.05, 0.1) is 5.69 Å². The molecule has 0 N–H and O–H groups in total. The molecule has 0 aromatic carbocycles. The van der Waals surface area contributed by atoms with E-state index in [1.165, 1.54) is 51.3 Å². The maximum Gasteiger partial charge on any atom is 0.0543 e. The van der Waals surface area contributed by atoms with E-state index < -0.39 is 0 Å². The van der Waals surface area contributed by atoms with Gasteiger partial charge in [0.25, 0.3) is 0 Å². The van der Waals surface area contributed by atoms with E-state index in [1.54, 1.807) is 0 Å². The predicted octanol–water partition coefficient (Wildman–Crippen LogP) is 2.64. The normalized spacial score (nSPS) is 18.1. The summed E-state index contributed by atoms with van der Waals surface area (Å²) in [5.74, 6) is 0.889. The summed E-state index contributed by atoms with van der Waals surface area (Å²) < 4.78 is 0. The molecule has 0 unspecified atom stereocenters. The molecule has 1 aromatic heterocycles. The third kappa shape index (κ3) is 4.59. The SMILES string of the molecule is CCN(CC)CC1CCN(Cc2ccccn2)CC1. The highest BCUT2D eigenvalue weighted by atomic mass is 15.1. The van der Waals surface area contributed by atoms with Crippen LogP contribution in [-0.2, 0) is 6.54 Å². The first-order valence-corrected chi connectivity index (χ1v) is 7.66. The molecule has 0 saturated carbocycles. The van der Waals surface area contributed by atoms with Crippen LogP contribution in [0.5, 0.6) is 0 Å². The van der Waals surface area contributed by atoms with Gasteiger partial charge in [-0.3, -0.25) is 9.88 Å². The number of pyridine rings is 1. The Morgan fingerprint density at radius 2 is 1.95 bits per heavy atom. The number of hydrogen-bond donors (Lipinski definition) is 0. The van der Waals surface area contributed by atoms with Crippen LogP contribution in [0.15, 0.2) is 24.4 Å². The third-order valence-electron chi connectivity index (χ3n) is 4.23. The lowest BCUT2D eigenvalue weighted by Crippen LogP contribution is -2.38. The van der Waals surface area contributed by atoms with Crippen LogP contribution in [0, 0.1) is 5.92 Å². The van der Waals surface area contributed by atoms with Crippen LogP contribution < -0.4 is 0 Å². The topological polar surface area (TPSA) is 19.4 Å². The molecule has 0 bridgehead atoms. The molecule has 19 heavy (non-hydrogen) atoms. The van der Waals surface area contributed by atoms with Crippen LogP contribution in [-0.4, -0.2) is 47.5 Å². The van der Waals surface area contributed by atoms with Crippen LogP contribution in [0.4, 0.5) is 0 Å². The highest BCUT2D eigenvalue weighted by molar-refractivity contribution is 5.03. The Labute approximate surface area is 117 Å². The lowest BCUT2D eigenvalue weighted by atomic mass is 9.96. The van der Waals surface area contributed by atoms with E-state index >= 15 is 0 Å². The summed E-state index contributed by atoms with van der Waals surface area (Å²) in [4.78, 5) is 9.51. The maximum atomic E-state index is 4.42. The Morgan fingerprint density at radius 1 is 1.21 bits per heavy atom. The Bertz CT molecular complexity index is 340. The van der Waals surface area contributed by atoms with Gasteiger partial charge in [0, 0.05) is 19.3 Å². The second-order valence-corrected chi connectivity index (χ2v) is 5.53. The van der Waals surface area contributed by atoms with Gasteiger partial charge in [0.1, 0.15) is 0 Å². The molecule has 3 nitrogen and oxygen atoms in total. The summed E-state index contributed by atoms with van der Waals surface area (Å²) in [6.07, 6.45) is 4.56. The lowest BCUT2D eigenvalue weighted by molar-refractivity contribution is 0.142. The zero-order valence-electron chi connectivity index (χ0n) is 12.4. The largest absolute Gasteiger partial charge is 0.304 e. The fourth-order valence-electron chi connectivity index (χ4n) is 2.89. The average Bonchev–Trinajstić information content (AvgIpc) is 2.47. The number of likely N-dealkylation sites (tertiary alicyclic amines) is 1. The highest BCUT2D eigenvalue weighted by Crippen LogP contribution is 2.19. The van der Waals surface area contributed by atoms with Crippen molar-refractivity contribution in [1.82, 2.24) is 14.8 Å². The summed E-state index contributed by atoms with van der Waals surface area (Å²) in [5, 5.41) is 0. The van der Waals surface area contributed by atoms with Gasteiger partial charge in [0.15, 0.2) is 0 Å². The van der Waals surface area contributed by atoms with Gasteiger partial charge in [-0.25, -0.2) is 0 Å². The Balaban J connectivity index is 1.73. The average molecular weight is 261 g/mol. The van der Waals surface area contributed by atoms with E-state index in [4.69, 9.17) is 0 Å². The number of aromatic nitrogens is 1. The van der Waals surface area contributed by atoms with Crippen LogP contribution in [0.2, 0.25) is 0 Å². The smallest absolute Gasteiger partial charge is 0.0543 e. The van der Waals surface area contributed by atoms with Crippen molar-refractivity contribution in [2.45, 2.75) is 33.2 Å². The Kier molecular flexibility index (Phi) is 5.80. The molecule has 1 saturated heterocycles. The molecule has 0 atom stereocenters. The van der Waals surface area contributed by atoms with Crippen molar-refractivity contribution in [2.24, 2.45) is 5.92 Å². The summed E-state index contributed by atoms with van der Waals surface area (Å²) in [6.45, 7) is 11.6. The fourth-order valence-corrected chi connectivity index (χ4v) is 2.89. The van der Waals surface area contributed by atoms with Gasteiger partial charge in [0.2, 0.25) is 0 Å². The van der Waals surface area contributed by atoms with Crippen LogP contribution in [0.3, 0.4) is 0 Å². The fraction of sp³-hybridized carbons (Fsp3) is 0.688. The standard InChI is InChI=1S/C16H27N3/c1-3-18(4-2)13-15-8-11-19(12-9-15)14-16-7-5-6-10-17-16/h5-7,10,15H,3-4,8-9,11-14H2,1-2H3. The highest BCUT2D eigenvalue weighted by Gasteiger charge is 2.20. The minimum atomic E-state index is 0.889. The van der Waals surface area contributed by atoms with E-state index in [-0.39, 0.29) is 0 Å². The summed E-state index contributed by atoms with van der Waals surface area (Å²) >= 11 is 0. The van der Waals surface area contributed by atoms with Crippen molar-refractivity contribution in [3.63, 3.8) is 0 Å². The van der Waals surface area contributed by atoms with E-state index in [2.05, 4.69) is 40.8 Å². The Morgan fingerprint density at radius 3 is 2.53 bits per heavy atom. The van der Waals surface area contributed by atoms with Crippen molar-refractivity contribution >= 4 is 0 Å². The number of hydrogen-bond acceptors (Lipinski definition) is 3. The molecule has 1 aliphatic rings. The van der Waals surface area contributed by atoms with E-state index in [0.717, 1.165) is 12.5 Å². The molecule has 3 heteroatoms. The van der Waals surface area contributed by atoms with Gasteiger partial charge in [-0.1, -0.05) is 19.9 Å². The summed E-state index contributed by atoms with van der Waals surface area (Å²) in [7, 11) is 0.